The number of ether oxygens (including phenoxy) is 1. The first kappa shape index (κ1) is 20.4. The summed E-state index contributed by atoms with van der Waals surface area (Å²) in [5, 5.41) is -0.000602. The van der Waals surface area contributed by atoms with Crippen LogP contribution in [0, 0.1) is 0 Å². The van der Waals surface area contributed by atoms with Gasteiger partial charge in [0.25, 0.3) is 0 Å². The van der Waals surface area contributed by atoms with E-state index in [2.05, 4.69) is 24.3 Å². The van der Waals surface area contributed by atoms with E-state index >= 15 is 0 Å². The molecule has 0 aromatic heterocycles. The van der Waals surface area contributed by atoms with Crippen LogP contribution in [0.1, 0.15) is 43.4 Å². The monoisotopic (exact) mass is 415 g/mol. The third kappa shape index (κ3) is 3.68. The minimum absolute atomic E-state index is 0.000602. The van der Waals surface area contributed by atoms with Crippen molar-refractivity contribution in [1.82, 2.24) is 0 Å². The molecule has 3 nitrogen and oxygen atoms in total. The predicted octanol–water partition coefficient (Wildman–Crippen LogP) is 6.16. The van der Waals surface area contributed by atoms with Gasteiger partial charge in [0, 0.05) is 12.5 Å². The number of carbonyl (C=O) groups excluding carboxylic acids is 1. The molecular formula is C26H25NO2S. The molecule has 0 bridgehead atoms. The molecule has 152 valence electrons. The fourth-order valence-electron chi connectivity index (χ4n) is 4.01. The summed E-state index contributed by atoms with van der Waals surface area (Å²) in [6, 6.07) is 30.4. The van der Waals surface area contributed by atoms with E-state index in [1.165, 1.54) is 11.8 Å². The molecule has 3 aromatic rings. The van der Waals surface area contributed by atoms with Gasteiger partial charge in [-0.25, -0.2) is 4.99 Å². The van der Waals surface area contributed by atoms with Crippen LogP contribution in [0.15, 0.2) is 96.0 Å². The molecule has 0 radical (unpaired) electrons. The quantitative estimate of drug-likeness (QED) is 0.501. The zero-order chi connectivity index (χ0) is 21.2. The summed E-state index contributed by atoms with van der Waals surface area (Å²) in [5.74, 6) is 0.486. The van der Waals surface area contributed by atoms with Crippen LogP contribution in [0.2, 0.25) is 0 Å². The third-order valence-electron chi connectivity index (χ3n) is 5.40. The Hall–Kier alpha value is -2.85. The standard InChI is InChI=1S/C26H25NO2S/c1-19(28)30-26(22-17-11-6-12-18-22)25(2,3)27-24(29-26)23(20-13-7-4-8-14-20)21-15-9-5-10-16-21/h4-18,23H,1-3H3. The van der Waals surface area contributed by atoms with Crippen LogP contribution in [0.3, 0.4) is 0 Å². The maximum Gasteiger partial charge on any atom is 0.213 e. The van der Waals surface area contributed by atoms with Gasteiger partial charge in [0.1, 0.15) is 5.54 Å². The molecule has 1 heterocycles. The van der Waals surface area contributed by atoms with E-state index in [0.717, 1.165) is 16.7 Å². The Kier molecular flexibility index (Phi) is 5.52. The lowest BCUT2D eigenvalue weighted by atomic mass is 9.91. The molecule has 0 N–H and O–H groups in total. The summed E-state index contributed by atoms with van der Waals surface area (Å²) < 4.78 is 6.72. The van der Waals surface area contributed by atoms with Gasteiger partial charge in [-0.1, -0.05) is 91.0 Å². The van der Waals surface area contributed by atoms with Crippen molar-refractivity contribution >= 4 is 22.8 Å². The van der Waals surface area contributed by atoms with Gasteiger partial charge in [-0.05, 0) is 36.7 Å². The molecule has 4 rings (SSSR count). The average molecular weight is 416 g/mol. The molecule has 3 aromatic carbocycles. The van der Waals surface area contributed by atoms with Gasteiger partial charge in [0.2, 0.25) is 4.93 Å². The minimum Gasteiger partial charge on any atom is -0.455 e. The Morgan fingerprint density at radius 1 is 0.833 bits per heavy atom. The second kappa shape index (κ2) is 8.11. The number of hydrogen-bond donors (Lipinski definition) is 0. The molecule has 1 atom stereocenters. The summed E-state index contributed by atoms with van der Waals surface area (Å²) in [6.45, 7) is 5.66. The van der Waals surface area contributed by atoms with Crippen molar-refractivity contribution in [2.45, 2.75) is 37.2 Å². The minimum atomic E-state index is -0.919. The van der Waals surface area contributed by atoms with E-state index in [1.807, 2.05) is 80.6 Å². The number of rotatable bonds is 5. The van der Waals surface area contributed by atoms with E-state index in [9.17, 15) is 4.79 Å². The van der Waals surface area contributed by atoms with E-state index in [1.54, 1.807) is 6.92 Å². The molecular weight excluding hydrogens is 390 g/mol. The van der Waals surface area contributed by atoms with Gasteiger partial charge in [-0.2, -0.15) is 0 Å². The highest BCUT2D eigenvalue weighted by Gasteiger charge is 2.57. The summed E-state index contributed by atoms with van der Waals surface area (Å²) in [5.41, 5.74) is 2.51. The molecule has 0 fully saturated rings. The maximum atomic E-state index is 12.3. The van der Waals surface area contributed by atoms with Crippen molar-refractivity contribution < 1.29 is 9.53 Å². The molecule has 1 aliphatic heterocycles. The zero-order valence-electron chi connectivity index (χ0n) is 17.4. The molecule has 30 heavy (non-hydrogen) atoms. The summed E-state index contributed by atoms with van der Waals surface area (Å²) in [6.07, 6.45) is 0. The molecule has 0 amide bonds. The molecule has 4 heteroatoms. The zero-order valence-corrected chi connectivity index (χ0v) is 18.2. The van der Waals surface area contributed by atoms with Crippen LogP contribution in [0.25, 0.3) is 0 Å². The molecule has 0 saturated heterocycles. The van der Waals surface area contributed by atoms with Crippen molar-refractivity contribution in [3.63, 3.8) is 0 Å². The summed E-state index contributed by atoms with van der Waals surface area (Å²) >= 11 is 1.21. The van der Waals surface area contributed by atoms with Gasteiger partial charge < -0.3 is 4.74 Å². The summed E-state index contributed by atoms with van der Waals surface area (Å²) in [4.78, 5) is 16.5. The SMILES string of the molecule is CC(=O)SC1(c2ccccc2)OC(C(c2ccccc2)c2ccccc2)=NC1(C)C. The van der Waals surface area contributed by atoms with E-state index in [0.29, 0.717) is 5.90 Å². The van der Waals surface area contributed by atoms with Crippen molar-refractivity contribution in [3.8, 4) is 0 Å². The number of thioether (sulfide) groups is 1. The van der Waals surface area contributed by atoms with Crippen LogP contribution in [0.5, 0.6) is 0 Å². The Bertz CT molecular complexity index is 1010. The predicted molar refractivity (Wildman–Crippen MR) is 124 cm³/mol. The number of benzene rings is 3. The van der Waals surface area contributed by atoms with Gasteiger partial charge in [0.15, 0.2) is 11.0 Å². The Morgan fingerprint density at radius 2 is 1.30 bits per heavy atom. The summed E-state index contributed by atoms with van der Waals surface area (Å²) in [7, 11) is 0. The first-order valence-corrected chi connectivity index (χ1v) is 10.9. The molecule has 0 spiro atoms. The fraction of sp³-hybridized carbons (Fsp3) is 0.231. The normalized spacial score (nSPS) is 19.9. The van der Waals surface area contributed by atoms with Crippen molar-refractivity contribution in [3.05, 3.63) is 108 Å². The average Bonchev–Trinajstić information content (AvgIpc) is 3.00. The Balaban J connectivity index is 1.85. The van der Waals surface area contributed by atoms with Crippen molar-refractivity contribution in [1.29, 1.82) is 0 Å². The van der Waals surface area contributed by atoms with Gasteiger partial charge in [-0.15, -0.1) is 0 Å². The lowest BCUT2D eigenvalue weighted by Gasteiger charge is -2.37. The maximum absolute atomic E-state index is 12.3. The highest BCUT2D eigenvalue weighted by atomic mass is 32.2. The van der Waals surface area contributed by atoms with E-state index in [4.69, 9.17) is 9.73 Å². The van der Waals surface area contributed by atoms with Crippen LogP contribution < -0.4 is 0 Å². The molecule has 0 aliphatic carbocycles. The number of aliphatic imine (C=N–C) groups is 1. The smallest absolute Gasteiger partial charge is 0.213 e. The number of carbonyl (C=O) groups is 1. The molecule has 1 aliphatic rings. The highest BCUT2D eigenvalue weighted by molar-refractivity contribution is 8.14. The second-order valence-corrected chi connectivity index (χ2v) is 9.30. The van der Waals surface area contributed by atoms with Crippen LogP contribution in [-0.2, 0) is 14.5 Å². The van der Waals surface area contributed by atoms with Crippen molar-refractivity contribution in [2.75, 3.05) is 0 Å². The number of nitrogens with zero attached hydrogens (tertiary/aromatic N) is 1. The van der Waals surface area contributed by atoms with Crippen LogP contribution in [0.4, 0.5) is 0 Å². The topological polar surface area (TPSA) is 38.7 Å². The van der Waals surface area contributed by atoms with Gasteiger partial charge >= 0.3 is 0 Å². The Morgan fingerprint density at radius 3 is 1.77 bits per heavy atom. The highest BCUT2D eigenvalue weighted by Crippen LogP contribution is 2.54. The largest absolute Gasteiger partial charge is 0.455 e. The lowest BCUT2D eigenvalue weighted by molar-refractivity contribution is -0.109. The van der Waals surface area contributed by atoms with E-state index in [-0.39, 0.29) is 11.0 Å². The first-order chi connectivity index (χ1) is 14.4. The van der Waals surface area contributed by atoms with Gasteiger partial charge in [0.05, 0.1) is 5.92 Å². The van der Waals surface area contributed by atoms with Crippen LogP contribution >= 0.6 is 11.8 Å². The third-order valence-corrected chi connectivity index (χ3v) is 6.79. The lowest BCUT2D eigenvalue weighted by Crippen LogP contribution is -2.42. The first-order valence-electron chi connectivity index (χ1n) is 10.1. The van der Waals surface area contributed by atoms with Crippen LogP contribution in [-0.4, -0.2) is 16.6 Å². The van der Waals surface area contributed by atoms with Crippen molar-refractivity contribution in [2.24, 2.45) is 4.99 Å². The Labute approximate surface area is 182 Å². The second-order valence-electron chi connectivity index (χ2n) is 7.94. The van der Waals surface area contributed by atoms with Gasteiger partial charge in [-0.3, -0.25) is 4.79 Å². The fourth-order valence-corrected chi connectivity index (χ4v) is 5.09. The molecule has 0 saturated carbocycles. The van der Waals surface area contributed by atoms with E-state index < -0.39 is 10.5 Å². The molecule has 1 unspecified atom stereocenters. The number of hydrogen-bond acceptors (Lipinski definition) is 4.